The second-order valence-electron chi connectivity index (χ2n) is 20.2. The third-order valence-corrected chi connectivity index (χ3v) is 14.2. The molecule has 0 aliphatic carbocycles. The second-order valence-corrected chi connectivity index (χ2v) is 21.2. The smallest absolute Gasteiger partial charge is 0.409 e. The minimum atomic E-state index is -1.37. The summed E-state index contributed by atoms with van der Waals surface area (Å²) in [4.78, 5) is 111. The second kappa shape index (κ2) is 35.1. The van der Waals surface area contributed by atoms with Gasteiger partial charge < -0.3 is 66.5 Å². The number of alkyl carbamates (subject to hydrolysis) is 1. The number of urea groups is 1. The normalized spacial score (nSPS) is 20.1. The molecular weight excluding hydrogens is 1170 g/mol. The van der Waals surface area contributed by atoms with E-state index in [1.165, 1.54) is 26.5 Å². The molecule has 3 heterocycles. The lowest BCUT2D eigenvalue weighted by Crippen LogP contribution is -2.56. The first-order valence-corrected chi connectivity index (χ1v) is 28.8. The number of allylic oxidation sites excluding steroid dienone is 3. The number of primary amides is 1. The number of carboxylic acid groups (broad SMARTS) is 1. The number of ether oxygens (including phenoxy) is 3. The van der Waals surface area contributed by atoms with Gasteiger partial charge in [-0.3, -0.25) is 34.1 Å². The van der Waals surface area contributed by atoms with Gasteiger partial charge in [0.2, 0.25) is 29.5 Å². The van der Waals surface area contributed by atoms with Crippen molar-refractivity contribution in [1.82, 2.24) is 31.5 Å². The lowest BCUT2D eigenvalue weighted by molar-refractivity contribution is -0.141. The first kappa shape index (κ1) is 70.2. The van der Waals surface area contributed by atoms with Crippen molar-refractivity contribution < 1.29 is 72.0 Å². The number of likely N-dealkylation sites (N-methyl/N-ethyl adjacent to an activating group) is 1. The number of aliphatic hydroxyl groups is 1. The molecule has 2 saturated heterocycles. The third kappa shape index (κ3) is 24.3. The van der Waals surface area contributed by atoms with Crippen molar-refractivity contribution >= 4 is 92.4 Å². The monoisotopic (exact) mass is 1250 g/mol. The van der Waals surface area contributed by atoms with Gasteiger partial charge in [-0.05, 0) is 88.3 Å². The zero-order chi connectivity index (χ0) is 62.0. The Bertz CT molecular complexity index is 2700. The number of benzene rings is 2. The summed E-state index contributed by atoms with van der Waals surface area (Å²) in [5, 5.41) is 35.8. The number of carbonyl (C=O) groups excluding carboxylic acids is 8. The third-order valence-electron chi connectivity index (χ3n) is 13.1. The van der Waals surface area contributed by atoms with Crippen LogP contribution in [0.1, 0.15) is 121 Å². The molecule has 4 bridgehead atoms. The SMILES string of the molecule is C=C(CBr)C(=O)NCCCCCC(=O)NCC(=O)NC(CCCNC(N)=O)C(=O)Nc1ccc(C(=O)N(C)[C@@H](C)C(=O)O)c(F)c1.CCC.COc1cc2cc(c1Cl)N(C)C(=O)CCC1OC1CC1C[C@](O)(C/C=C/C=C(\C)C2)NC(=O)O1. The number of hydrogen-bond acceptors (Lipinski definition) is 13. The first-order chi connectivity index (χ1) is 39.3. The summed E-state index contributed by atoms with van der Waals surface area (Å²) in [5.41, 5.74) is 6.27. The van der Waals surface area contributed by atoms with Gasteiger partial charge in [-0.1, -0.05) is 84.6 Å². The van der Waals surface area contributed by atoms with Crippen molar-refractivity contribution in [1.29, 1.82) is 0 Å². The van der Waals surface area contributed by atoms with Gasteiger partial charge >= 0.3 is 18.1 Å². The number of amides is 9. The molecule has 458 valence electrons. The molecule has 2 aromatic rings. The van der Waals surface area contributed by atoms with Gasteiger partial charge in [0.05, 0.1) is 37.1 Å². The maximum atomic E-state index is 14.8. The number of nitrogens with one attached hydrogen (secondary N) is 6. The quantitative estimate of drug-likeness (QED) is 0.0287. The number of anilines is 2. The summed E-state index contributed by atoms with van der Waals surface area (Å²) in [5.74, 6) is -4.75. The number of nitrogens with zero attached hydrogens (tertiary/aromatic N) is 2. The van der Waals surface area contributed by atoms with Crippen molar-refractivity contribution in [2.24, 2.45) is 5.73 Å². The zero-order valence-electron chi connectivity index (χ0n) is 48.1. The fourth-order valence-electron chi connectivity index (χ4n) is 8.38. The van der Waals surface area contributed by atoms with E-state index >= 15 is 0 Å². The number of unbranched alkanes of at least 4 members (excludes halogenated alkanes) is 2. The highest BCUT2D eigenvalue weighted by Crippen LogP contribution is 2.38. The van der Waals surface area contributed by atoms with Crippen molar-refractivity contribution in [3.63, 3.8) is 0 Å². The molecule has 2 fully saturated rings. The van der Waals surface area contributed by atoms with Gasteiger partial charge in [-0.2, -0.15) is 0 Å². The molecule has 0 spiro atoms. The Morgan fingerprint density at radius 1 is 1.04 bits per heavy atom. The van der Waals surface area contributed by atoms with Crippen LogP contribution in [0.25, 0.3) is 0 Å². The standard InChI is InChI=1S/C29H41BrFN7O8.C25H31ClN2O6.C3H8/c1-17(15-30)25(41)33-12-6-4-5-9-23(39)35-16-24(40)37-22(8-7-13-34-29(32)46)26(42)36-19-10-11-20(21(31)14-19)27(43)38(3)18(2)28(44)45;1-15-6-4-5-9-25(31)14-17(33-24(30)27-25)13-20-19(34-20)7-8-22(29)28(2)18-11-16(10-15)12-21(32-3)23(18)26;1-3-2/h10-11,14,18,22H,1,4-9,12-13,15-16H2,2-3H3,(H,33,41)(H,35,39)(H,36,42)(H,37,40)(H,44,45)(H3,32,34,46);4-6,11-12,17,19-20,31H,7-10,13-14H2,1-3H3,(H,27,30);3H2,1-2H3/b;5-4+,15-6+;/t18-,22?;17?,19?,20?,25-;/m01./s1. The molecule has 3 aliphatic heterocycles. The summed E-state index contributed by atoms with van der Waals surface area (Å²) in [7, 11) is 4.48. The maximum absolute atomic E-state index is 14.8. The van der Waals surface area contributed by atoms with Crippen LogP contribution in [-0.4, -0.2) is 151 Å². The van der Waals surface area contributed by atoms with Crippen LogP contribution in [0.5, 0.6) is 5.75 Å². The van der Waals surface area contributed by atoms with Crippen LogP contribution in [0.2, 0.25) is 5.02 Å². The summed E-state index contributed by atoms with van der Waals surface area (Å²) < 4.78 is 31.3. The highest BCUT2D eigenvalue weighted by Gasteiger charge is 2.45. The van der Waals surface area contributed by atoms with E-state index in [1.54, 1.807) is 19.1 Å². The number of alkyl halides is 1. The topological polar surface area (TPSA) is 330 Å². The lowest BCUT2D eigenvalue weighted by atomic mass is 9.96. The number of carboxylic acids is 1. The van der Waals surface area contributed by atoms with Crippen LogP contribution in [-0.2, 0) is 44.7 Å². The van der Waals surface area contributed by atoms with Crippen LogP contribution < -0.4 is 47.3 Å². The molecule has 0 radical (unpaired) electrons. The Balaban J connectivity index is 0.000000430. The number of methoxy groups -OCH3 is 1. The summed E-state index contributed by atoms with van der Waals surface area (Å²) in [6.45, 7) is 11.3. The maximum Gasteiger partial charge on any atom is 0.409 e. The van der Waals surface area contributed by atoms with Crippen LogP contribution in [0.3, 0.4) is 0 Å². The molecule has 83 heavy (non-hydrogen) atoms. The van der Waals surface area contributed by atoms with Crippen molar-refractivity contribution in [2.75, 3.05) is 56.4 Å². The van der Waals surface area contributed by atoms with Crippen LogP contribution in [0, 0.1) is 5.82 Å². The fourth-order valence-corrected chi connectivity index (χ4v) is 8.95. The molecule has 9 amide bonds. The highest BCUT2D eigenvalue weighted by molar-refractivity contribution is 9.09. The van der Waals surface area contributed by atoms with Gasteiger partial charge in [-0.15, -0.1) is 0 Å². The molecule has 0 saturated carbocycles. The van der Waals surface area contributed by atoms with Crippen molar-refractivity contribution in [3.8, 4) is 5.75 Å². The molecule has 2 aromatic carbocycles. The van der Waals surface area contributed by atoms with Gasteiger partial charge in [0.25, 0.3) is 5.91 Å². The number of nitrogens with two attached hydrogens (primary N) is 1. The van der Waals surface area contributed by atoms with E-state index in [1.807, 2.05) is 37.3 Å². The summed E-state index contributed by atoms with van der Waals surface area (Å²) in [6, 6.07) is 3.87. The molecule has 0 aromatic heterocycles. The first-order valence-electron chi connectivity index (χ1n) is 27.3. The summed E-state index contributed by atoms with van der Waals surface area (Å²) in [6.07, 6.45) is 10.4. The van der Waals surface area contributed by atoms with Gasteiger partial charge in [0.15, 0.2) is 0 Å². The van der Waals surface area contributed by atoms with E-state index < -0.39 is 77.7 Å². The van der Waals surface area contributed by atoms with E-state index in [2.05, 4.69) is 68.3 Å². The number of aliphatic carboxylic acids is 1. The molecule has 5 rings (SSSR count). The zero-order valence-corrected chi connectivity index (χ0v) is 50.5. The minimum absolute atomic E-state index is 0.0385. The van der Waals surface area contributed by atoms with E-state index in [0.29, 0.717) is 78.9 Å². The number of fused-ring (bicyclic) bond motifs is 5. The average Bonchev–Trinajstić information content (AvgIpc) is 4.19. The van der Waals surface area contributed by atoms with Gasteiger partial charge in [-0.25, -0.2) is 18.8 Å². The Morgan fingerprint density at radius 2 is 1.73 bits per heavy atom. The average molecular weight is 1250 g/mol. The molecule has 4 unspecified atom stereocenters. The number of hydrogen-bond donors (Lipinski definition) is 9. The van der Waals surface area contributed by atoms with E-state index in [0.717, 1.165) is 28.2 Å². The number of rotatable bonds is 21. The van der Waals surface area contributed by atoms with Crippen molar-refractivity contribution in [3.05, 3.63) is 88.3 Å². The Labute approximate surface area is 497 Å². The molecule has 3 aliphatic rings. The Hall–Kier alpha value is -7.09. The number of halogens is 3. The minimum Gasteiger partial charge on any atom is -0.495 e. The molecule has 6 atom stereocenters. The van der Waals surface area contributed by atoms with Crippen LogP contribution in [0.4, 0.5) is 25.4 Å². The predicted molar refractivity (Wildman–Crippen MR) is 314 cm³/mol. The number of epoxide rings is 1. The fraction of sp³-hybridized carbons (Fsp3) is 0.526. The number of carbonyl (C=O) groups is 9. The lowest BCUT2D eigenvalue weighted by Gasteiger charge is -2.36. The van der Waals surface area contributed by atoms with E-state index in [9.17, 15) is 52.6 Å². The Morgan fingerprint density at radius 3 is 2.39 bits per heavy atom. The predicted octanol–water partition coefficient (Wildman–Crippen LogP) is 6.29. The highest BCUT2D eigenvalue weighted by atomic mass is 79.9. The van der Waals surface area contributed by atoms with Crippen LogP contribution in [0.15, 0.2) is 66.3 Å². The Kier molecular flexibility index (Phi) is 29.7. The van der Waals surface area contributed by atoms with E-state index in [-0.39, 0.29) is 74.3 Å². The van der Waals surface area contributed by atoms with Crippen molar-refractivity contribution in [2.45, 2.75) is 147 Å². The van der Waals surface area contributed by atoms with Gasteiger partial charge in [0, 0.05) is 75.9 Å². The largest absolute Gasteiger partial charge is 0.495 e. The molecule has 23 nitrogen and oxygen atoms in total. The van der Waals surface area contributed by atoms with E-state index in [4.69, 9.17) is 36.7 Å². The molecular formula is C57H80BrClFN9O14. The molecule has 10 N–H and O–H groups in total. The summed E-state index contributed by atoms with van der Waals surface area (Å²) >= 11 is 9.69. The molecule has 26 heteroatoms. The van der Waals surface area contributed by atoms with Gasteiger partial charge in [0.1, 0.15) is 40.5 Å². The van der Waals surface area contributed by atoms with Crippen LogP contribution >= 0.6 is 27.5 Å².